The molecular weight excluding hydrogens is 536 g/mol. The highest BCUT2D eigenvalue weighted by Crippen LogP contribution is 2.75. The summed E-state index contributed by atoms with van der Waals surface area (Å²) in [5.74, 6) is 0.711. The van der Waals surface area contributed by atoms with Crippen LogP contribution in [-0.4, -0.2) is 41.1 Å². The first-order valence-electron chi connectivity index (χ1n) is 16.6. The number of carbonyl (C=O) groups is 2. The predicted molar refractivity (Wildman–Crippen MR) is 170 cm³/mol. The number of ether oxygens (including phenoxy) is 1. The molecule has 0 aliphatic heterocycles. The van der Waals surface area contributed by atoms with Crippen molar-refractivity contribution in [2.75, 3.05) is 13.6 Å². The van der Waals surface area contributed by atoms with Gasteiger partial charge in [-0.2, -0.15) is 0 Å². The van der Waals surface area contributed by atoms with Crippen molar-refractivity contribution in [3.8, 4) is 0 Å². The van der Waals surface area contributed by atoms with E-state index in [4.69, 9.17) is 11.3 Å². The van der Waals surface area contributed by atoms with E-state index in [2.05, 4.69) is 53.3 Å². The van der Waals surface area contributed by atoms with Gasteiger partial charge in [0, 0.05) is 24.9 Å². The fourth-order valence-electron chi connectivity index (χ4n) is 11.2. The van der Waals surface area contributed by atoms with E-state index < -0.39 is 11.0 Å². The molecule has 0 spiro atoms. The van der Waals surface area contributed by atoms with Gasteiger partial charge in [-0.15, -0.1) is 0 Å². The number of allylic oxidation sites excluding steroid dienone is 4. The van der Waals surface area contributed by atoms with Gasteiger partial charge in [-0.25, -0.2) is 9.64 Å². The van der Waals surface area contributed by atoms with Crippen LogP contribution in [0.3, 0.4) is 0 Å². The number of hydrogen-bond acceptors (Lipinski definition) is 4. The molecule has 0 aromatic carbocycles. The average Bonchev–Trinajstić information content (AvgIpc) is 2.87. The fraction of sp³-hybridized carbons (Fsp3) is 0.811. The van der Waals surface area contributed by atoms with Crippen LogP contribution in [-0.2, 0) is 9.53 Å². The van der Waals surface area contributed by atoms with E-state index in [1.807, 2.05) is 33.9 Å². The third-order valence-corrected chi connectivity index (χ3v) is 13.5. The van der Waals surface area contributed by atoms with Crippen LogP contribution >= 0.6 is 0 Å². The highest BCUT2D eigenvalue weighted by Gasteiger charge is 2.70. The Morgan fingerprint density at radius 3 is 2.30 bits per heavy atom. The molecule has 5 aliphatic carbocycles. The number of fused-ring (bicyclic) bond motifs is 7. The Kier molecular flexibility index (Phi) is 7.17. The number of amides is 1. The maximum Gasteiger partial charge on any atom is 0.410 e. The number of ketones is 1. The zero-order valence-electron chi connectivity index (χ0n) is 28.7. The van der Waals surface area contributed by atoms with Gasteiger partial charge in [0.25, 0.3) is 0 Å². The van der Waals surface area contributed by atoms with Gasteiger partial charge in [-0.1, -0.05) is 54.0 Å². The molecule has 0 bridgehead atoms. The van der Waals surface area contributed by atoms with Crippen LogP contribution in [0.2, 0.25) is 0 Å². The second-order valence-electron chi connectivity index (χ2n) is 18.2. The van der Waals surface area contributed by atoms with E-state index in [-0.39, 0.29) is 62.5 Å². The highest BCUT2D eigenvalue weighted by molar-refractivity contribution is 5.95. The van der Waals surface area contributed by atoms with Gasteiger partial charge >= 0.3 is 6.09 Å². The third kappa shape index (κ3) is 4.61. The van der Waals surface area contributed by atoms with Gasteiger partial charge in [-0.3, -0.25) is 4.79 Å². The Bertz CT molecular complexity index is 1330. The SMILES string of the molecule is [C-]#[N+]C1=C(O)C(C)(C)[C@@H]2CC[C@]3(C)C(=CC(=O)[C@@H]4[C@@H]5CC(C)(C)CC[C@]5(CN(C)C(=O)OC(C)(C)C)CC[C@]43C)[C@@]2(C)C1. The quantitative estimate of drug-likeness (QED) is 0.325. The number of hydrogen-bond donors (Lipinski definition) is 1. The van der Waals surface area contributed by atoms with Crippen LogP contribution in [0.15, 0.2) is 23.1 Å². The van der Waals surface area contributed by atoms with Crippen molar-refractivity contribution in [2.45, 2.75) is 126 Å². The second kappa shape index (κ2) is 9.60. The first-order valence-corrected chi connectivity index (χ1v) is 16.6. The summed E-state index contributed by atoms with van der Waals surface area (Å²) in [7, 11) is 1.86. The molecule has 3 fully saturated rings. The van der Waals surface area contributed by atoms with Gasteiger partial charge < -0.3 is 14.7 Å². The smallest absolute Gasteiger partial charge is 0.410 e. The molecular formula is C37H56N2O4. The second-order valence-corrected chi connectivity index (χ2v) is 18.2. The zero-order valence-corrected chi connectivity index (χ0v) is 28.7. The molecule has 0 unspecified atom stereocenters. The first kappa shape index (κ1) is 32.1. The molecule has 238 valence electrons. The average molecular weight is 593 g/mol. The van der Waals surface area contributed by atoms with E-state index in [0.29, 0.717) is 18.7 Å². The van der Waals surface area contributed by atoms with Gasteiger partial charge in [0.1, 0.15) is 11.4 Å². The van der Waals surface area contributed by atoms with Crippen LogP contribution in [0.5, 0.6) is 0 Å². The minimum atomic E-state index is -0.557. The molecule has 6 heteroatoms. The van der Waals surface area contributed by atoms with E-state index in [1.165, 1.54) is 5.57 Å². The maximum atomic E-state index is 14.7. The normalized spacial score (nSPS) is 41.5. The van der Waals surface area contributed by atoms with Crippen LogP contribution in [0.1, 0.15) is 121 Å². The molecule has 3 saturated carbocycles. The molecule has 1 N–H and O–H groups in total. The Morgan fingerprint density at radius 2 is 1.70 bits per heavy atom. The molecule has 0 aromatic heterocycles. The lowest BCUT2D eigenvalue weighted by Crippen LogP contribution is -2.65. The molecule has 0 aromatic rings. The monoisotopic (exact) mass is 592 g/mol. The predicted octanol–water partition coefficient (Wildman–Crippen LogP) is 9.13. The lowest BCUT2D eigenvalue weighted by atomic mass is 9.34. The Balaban J connectivity index is 1.59. The van der Waals surface area contributed by atoms with Crippen molar-refractivity contribution in [1.29, 1.82) is 0 Å². The van der Waals surface area contributed by atoms with E-state index in [1.54, 1.807) is 4.90 Å². The van der Waals surface area contributed by atoms with Crippen LogP contribution in [0, 0.1) is 56.8 Å². The lowest BCUT2D eigenvalue weighted by Gasteiger charge is -2.70. The van der Waals surface area contributed by atoms with Gasteiger partial charge in [-0.05, 0) is 117 Å². The standard InChI is InChI=1S/C37H56N2O4/c1-31(2,3)43-30(42)39(12)22-37-17-15-32(4,5)20-23(37)28-25(40)19-27-34(8)21-24(38-11)29(41)33(6,7)26(34)13-14-35(27,9)36(28,10)16-18-37/h19,23,26,28,41H,13-18,20-22H2,1-10,12H3/t23-,26-,28-,34-,35+,36+,37+/m0/s1. The number of aliphatic hydroxyl groups is 1. The van der Waals surface area contributed by atoms with Crippen molar-refractivity contribution < 1.29 is 19.4 Å². The van der Waals surface area contributed by atoms with Crippen molar-refractivity contribution in [3.63, 3.8) is 0 Å². The van der Waals surface area contributed by atoms with Gasteiger partial charge in [0.05, 0.1) is 6.57 Å². The zero-order chi connectivity index (χ0) is 32.2. The van der Waals surface area contributed by atoms with Crippen molar-refractivity contribution in [1.82, 2.24) is 4.90 Å². The number of aliphatic hydroxyl groups excluding tert-OH is 1. The molecule has 43 heavy (non-hydrogen) atoms. The summed E-state index contributed by atoms with van der Waals surface area (Å²) in [4.78, 5) is 33.5. The minimum Gasteiger partial charge on any atom is -0.523 e. The largest absolute Gasteiger partial charge is 0.523 e. The summed E-state index contributed by atoms with van der Waals surface area (Å²) >= 11 is 0. The van der Waals surface area contributed by atoms with Crippen molar-refractivity contribution >= 4 is 11.9 Å². The first-order chi connectivity index (χ1) is 19.6. The van der Waals surface area contributed by atoms with E-state index in [9.17, 15) is 14.7 Å². The molecule has 6 nitrogen and oxygen atoms in total. The topological polar surface area (TPSA) is 71.2 Å². The molecule has 5 aliphatic rings. The molecule has 1 amide bonds. The minimum absolute atomic E-state index is 0.109. The molecule has 0 radical (unpaired) electrons. The Morgan fingerprint density at radius 1 is 1.07 bits per heavy atom. The summed E-state index contributed by atoms with van der Waals surface area (Å²) in [5, 5.41) is 11.1. The highest BCUT2D eigenvalue weighted by atomic mass is 16.6. The molecule has 0 heterocycles. The maximum absolute atomic E-state index is 14.7. The van der Waals surface area contributed by atoms with Crippen LogP contribution < -0.4 is 0 Å². The molecule has 5 rings (SSSR count). The van der Waals surface area contributed by atoms with Crippen LogP contribution in [0.4, 0.5) is 4.79 Å². The summed E-state index contributed by atoms with van der Waals surface area (Å²) in [6, 6.07) is 0. The summed E-state index contributed by atoms with van der Waals surface area (Å²) in [6.07, 6.45) is 9.17. The molecule has 7 atom stereocenters. The van der Waals surface area contributed by atoms with Crippen LogP contribution in [0.25, 0.3) is 4.85 Å². The fourth-order valence-corrected chi connectivity index (χ4v) is 11.2. The van der Waals surface area contributed by atoms with E-state index in [0.717, 1.165) is 44.9 Å². The van der Waals surface area contributed by atoms with Gasteiger partial charge in [0.2, 0.25) is 5.70 Å². The summed E-state index contributed by atoms with van der Waals surface area (Å²) < 4.78 is 5.76. The van der Waals surface area contributed by atoms with Crippen molar-refractivity contribution in [2.24, 2.45) is 50.2 Å². The molecule has 0 saturated heterocycles. The number of carbonyl (C=O) groups excluding carboxylic acids is 2. The third-order valence-electron chi connectivity index (χ3n) is 13.5. The van der Waals surface area contributed by atoms with E-state index >= 15 is 0 Å². The Labute approximate surface area is 260 Å². The van der Waals surface area contributed by atoms with Gasteiger partial charge in [0.15, 0.2) is 5.78 Å². The Hall–Kier alpha value is -2.29. The summed E-state index contributed by atoms with van der Waals surface area (Å²) in [6.45, 7) is 30.1. The number of rotatable bonds is 2. The summed E-state index contributed by atoms with van der Waals surface area (Å²) in [5.41, 5.74) is -0.156. The lowest BCUT2D eigenvalue weighted by molar-refractivity contribution is -0.175. The van der Waals surface area contributed by atoms with Crippen molar-refractivity contribution in [3.05, 3.63) is 34.5 Å². The number of nitrogens with zero attached hydrogens (tertiary/aromatic N) is 2.